The Labute approximate surface area is 95.9 Å². The normalized spacial score (nSPS) is 11.5. The Morgan fingerprint density at radius 1 is 0.941 bits per heavy atom. The maximum Gasteiger partial charge on any atom is 0.418 e. The zero-order chi connectivity index (χ0) is 12.5. The first-order valence-corrected chi connectivity index (χ1v) is 4.85. The molecule has 0 unspecified atom stereocenters. The predicted octanol–water partition coefficient (Wildman–Crippen LogP) is 3.35. The lowest BCUT2D eigenvalue weighted by atomic mass is 10.0. The number of aromatic nitrogens is 1. The van der Waals surface area contributed by atoms with E-state index >= 15 is 0 Å². The van der Waals surface area contributed by atoms with Crippen LogP contribution in [0.5, 0.6) is 0 Å². The molecule has 0 saturated heterocycles. The Balaban J connectivity index is 2.53. The molecule has 2 N–H and O–H groups in total. The van der Waals surface area contributed by atoms with Crippen molar-refractivity contribution in [3.05, 3.63) is 48.3 Å². The number of nitrogens with two attached hydrogens (primary N) is 1. The van der Waals surface area contributed by atoms with Crippen LogP contribution in [-0.2, 0) is 6.18 Å². The number of benzene rings is 1. The number of hydrogen-bond donors (Lipinski definition) is 1. The van der Waals surface area contributed by atoms with Crippen molar-refractivity contribution < 1.29 is 13.2 Å². The first-order valence-electron chi connectivity index (χ1n) is 4.85. The summed E-state index contributed by atoms with van der Waals surface area (Å²) in [4.78, 5) is 3.81. The van der Waals surface area contributed by atoms with E-state index in [9.17, 15) is 13.2 Å². The summed E-state index contributed by atoms with van der Waals surface area (Å²) < 4.78 is 38.0. The predicted molar refractivity (Wildman–Crippen MR) is 59.1 cm³/mol. The van der Waals surface area contributed by atoms with E-state index in [1.54, 1.807) is 18.2 Å². The van der Waals surface area contributed by atoms with Crippen molar-refractivity contribution in [3.8, 4) is 11.1 Å². The largest absolute Gasteiger partial charge is 0.418 e. The first kappa shape index (κ1) is 11.4. The third-order valence-corrected chi connectivity index (χ3v) is 2.37. The summed E-state index contributed by atoms with van der Waals surface area (Å²) in [7, 11) is 0. The molecule has 0 bridgehead atoms. The van der Waals surface area contributed by atoms with Gasteiger partial charge in [-0.05, 0) is 35.4 Å². The van der Waals surface area contributed by atoms with Crippen LogP contribution in [0.1, 0.15) is 5.56 Å². The lowest BCUT2D eigenvalue weighted by molar-refractivity contribution is -0.136. The lowest BCUT2D eigenvalue weighted by Gasteiger charge is -2.11. The molecule has 0 atom stereocenters. The van der Waals surface area contributed by atoms with E-state index in [0.29, 0.717) is 11.1 Å². The summed E-state index contributed by atoms with van der Waals surface area (Å²) in [6.07, 6.45) is -1.38. The molecule has 0 amide bonds. The first-order chi connectivity index (χ1) is 7.98. The molecule has 2 aromatic rings. The van der Waals surface area contributed by atoms with E-state index in [0.717, 1.165) is 6.07 Å². The molecule has 0 fully saturated rings. The van der Waals surface area contributed by atoms with E-state index in [4.69, 9.17) is 5.73 Å². The van der Waals surface area contributed by atoms with Gasteiger partial charge in [-0.2, -0.15) is 13.2 Å². The van der Waals surface area contributed by atoms with E-state index in [1.165, 1.54) is 18.5 Å². The number of anilines is 1. The van der Waals surface area contributed by atoms with Crippen molar-refractivity contribution in [1.29, 1.82) is 0 Å². The van der Waals surface area contributed by atoms with Crippen LogP contribution in [-0.4, -0.2) is 4.98 Å². The zero-order valence-electron chi connectivity index (χ0n) is 8.70. The van der Waals surface area contributed by atoms with Crippen molar-refractivity contribution in [1.82, 2.24) is 4.98 Å². The van der Waals surface area contributed by atoms with Gasteiger partial charge in [0.05, 0.1) is 5.56 Å². The SMILES string of the molecule is Nc1ccc(-c2ccncc2)cc1C(F)(F)F. The van der Waals surface area contributed by atoms with Crippen molar-refractivity contribution >= 4 is 5.69 Å². The third-order valence-electron chi connectivity index (χ3n) is 2.37. The fraction of sp³-hybridized carbons (Fsp3) is 0.0833. The number of nitrogen functional groups attached to an aromatic ring is 1. The highest BCUT2D eigenvalue weighted by Gasteiger charge is 2.33. The van der Waals surface area contributed by atoms with Crippen LogP contribution in [0.25, 0.3) is 11.1 Å². The number of rotatable bonds is 1. The second-order valence-corrected chi connectivity index (χ2v) is 3.54. The molecule has 2 rings (SSSR count). The van der Waals surface area contributed by atoms with Gasteiger partial charge in [-0.25, -0.2) is 0 Å². The molecule has 0 aliphatic heterocycles. The van der Waals surface area contributed by atoms with Crippen molar-refractivity contribution in [3.63, 3.8) is 0 Å². The summed E-state index contributed by atoms with van der Waals surface area (Å²) in [5.74, 6) is 0. The minimum absolute atomic E-state index is 0.268. The molecule has 1 aromatic carbocycles. The Hall–Kier alpha value is -2.04. The highest BCUT2D eigenvalue weighted by Crippen LogP contribution is 2.36. The summed E-state index contributed by atoms with van der Waals surface area (Å²) in [6, 6.07) is 7.15. The molecule has 0 saturated carbocycles. The van der Waals surface area contributed by atoms with Gasteiger partial charge in [0.25, 0.3) is 0 Å². The van der Waals surface area contributed by atoms with Crippen LogP contribution < -0.4 is 5.73 Å². The van der Waals surface area contributed by atoms with Crippen LogP contribution in [0.3, 0.4) is 0 Å². The van der Waals surface area contributed by atoms with Crippen molar-refractivity contribution in [2.45, 2.75) is 6.18 Å². The second-order valence-electron chi connectivity index (χ2n) is 3.54. The molecular weight excluding hydrogens is 229 g/mol. The Kier molecular flexibility index (Phi) is 2.75. The summed E-state index contributed by atoms with van der Waals surface area (Å²) >= 11 is 0. The second kappa shape index (κ2) is 4.08. The Bertz CT molecular complexity index is 521. The molecular formula is C12H9F3N2. The number of hydrogen-bond acceptors (Lipinski definition) is 2. The van der Waals surface area contributed by atoms with Gasteiger partial charge in [-0.3, -0.25) is 4.98 Å². The third kappa shape index (κ3) is 2.38. The molecule has 0 radical (unpaired) electrons. The zero-order valence-corrected chi connectivity index (χ0v) is 8.70. The quantitative estimate of drug-likeness (QED) is 0.774. The number of alkyl halides is 3. The van der Waals surface area contributed by atoms with Crippen LogP contribution in [0, 0.1) is 0 Å². The van der Waals surface area contributed by atoms with E-state index < -0.39 is 11.7 Å². The number of nitrogens with zero attached hydrogens (tertiary/aromatic N) is 1. The van der Waals surface area contributed by atoms with Crippen molar-refractivity contribution in [2.75, 3.05) is 5.73 Å². The van der Waals surface area contributed by atoms with Gasteiger partial charge in [-0.15, -0.1) is 0 Å². The average molecular weight is 238 g/mol. The standard InChI is InChI=1S/C12H9F3N2/c13-12(14,15)10-7-9(1-2-11(10)16)8-3-5-17-6-4-8/h1-7H,16H2. The summed E-state index contributed by atoms with van der Waals surface area (Å²) in [5.41, 5.74) is 5.38. The highest BCUT2D eigenvalue weighted by molar-refractivity contribution is 5.67. The summed E-state index contributed by atoms with van der Waals surface area (Å²) in [5, 5.41) is 0. The van der Waals surface area contributed by atoms with Crippen molar-refractivity contribution in [2.24, 2.45) is 0 Å². The minimum atomic E-state index is -4.44. The maximum absolute atomic E-state index is 12.7. The van der Waals surface area contributed by atoms with Gasteiger partial charge in [0.2, 0.25) is 0 Å². The van der Waals surface area contributed by atoms with E-state index in [2.05, 4.69) is 4.98 Å². The molecule has 5 heteroatoms. The molecule has 88 valence electrons. The van der Waals surface area contributed by atoms with E-state index in [-0.39, 0.29) is 5.69 Å². The molecule has 1 aromatic heterocycles. The molecule has 0 spiro atoms. The fourth-order valence-electron chi connectivity index (χ4n) is 1.53. The summed E-state index contributed by atoms with van der Waals surface area (Å²) in [6.45, 7) is 0. The van der Waals surface area contributed by atoms with Gasteiger partial charge in [0.15, 0.2) is 0 Å². The van der Waals surface area contributed by atoms with Crippen LogP contribution >= 0.6 is 0 Å². The maximum atomic E-state index is 12.7. The molecule has 17 heavy (non-hydrogen) atoms. The molecule has 2 nitrogen and oxygen atoms in total. The number of pyridine rings is 1. The molecule has 0 aliphatic carbocycles. The Morgan fingerprint density at radius 3 is 2.18 bits per heavy atom. The van der Waals surface area contributed by atoms with Gasteiger partial charge in [0.1, 0.15) is 0 Å². The van der Waals surface area contributed by atoms with Crippen LogP contribution in [0.15, 0.2) is 42.7 Å². The highest BCUT2D eigenvalue weighted by atomic mass is 19.4. The monoisotopic (exact) mass is 238 g/mol. The van der Waals surface area contributed by atoms with Gasteiger partial charge in [0, 0.05) is 18.1 Å². The smallest absolute Gasteiger partial charge is 0.398 e. The van der Waals surface area contributed by atoms with E-state index in [1.807, 2.05) is 0 Å². The molecule has 1 heterocycles. The van der Waals surface area contributed by atoms with Gasteiger partial charge < -0.3 is 5.73 Å². The van der Waals surface area contributed by atoms with Crippen LogP contribution in [0.4, 0.5) is 18.9 Å². The van der Waals surface area contributed by atoms with Gasteiger partial charge >= 0.3 is 6.18 Å². The Morgan fingerprint density at radius 2 is 1.59 bits per heavy atom. The lowest BCUT2D eigenvalue weighted by Crippen LogP contribution is -2.08. The number of halogens is 3. The minimum Gasteiger partial charge on any atom is -0.398 e. The van der Waals surface area contributed by atoms with Crippen LogP contribution in [0.2, 0.25) is 0 Å². The average Bonchev–Trinajstić information content (AvgIpc) is 2.29. The topological polar surface area (TPSA) is 38.9 Å². The fourth-order valence-corrected chi connectivity index (χ4v) is 1.53. The van der Waals surface area contributed by atoms with Gasteiger partial charge in [-0.1, -0.05) is 6.07 Å². The molecule has 0 aliphatic rings.